The molecule has 1 aliphatic heterocycles. The molecule has 94 valence electrons. The van der Waals surface area contributed by atoms with Gasteiger partial charge in [0.15, 0.2) is 0 Å². The van der Waals surface area contributed by atoms with Crippen LogP contribution in [0.25, 0.3) is 10.2 Å². The predicted molar refractivity (Wildman–Crippen MR) is 71.9 cm³/mol. The molecule has 2 aromatic rings. The molecule has 5 heteroatoms. The maximum absolute atomic E-state index is 11.9. The third-order valence-corrected chi connectivity index (χ3v) is 4.19. The summed E-state index contributed by atoms with van der Waals surface area (Å²) in [5.41, 5.74) is 1.89. The summed E-state index contributed by atoms with van der Waals surface area (Å²) in [6.45, 7) is 2.66. The van der Waals surface area contributed by atoms with E-state index >= 15 is 0 Å². The molecule has 4 nitrogen and oxygen atoms in total. The minimum absolute atomic E-state index is 0.0661. The highest BCUT2D eigenvalue weighted by Crippen LogP contribution is 2.30. The molecule has 0 spiro atoms. The van der Waals surface area contributed by atoms with Gasteiger partial charge in [0.2, 0.25) is 5.91 Å². The maximum atomic E-state index is 11.9. The Balaban J connectivity index is 1.96. The number of amides is 1. The number of benzene rings is 1. The van der Waals surface area contributed by atoms with E-state index in [9.17, 15) is 4.79 Å². The molecule has 0 aliphatic carbocycles. The molecule has 1 amide bonds. The first-order chi connectivity index (χ1) is 8.67. The van der Waals surface area contributed by atoms with Crippen LogP contribution >= 0.6 is 11.3 Å². The quantitative estimate of drug-likeness (QED) is 0.900. The molecule has 1 aliphatic rings. The number of aryl methyl sites for hydroxylation is 1. The SMILES string of the molecule is Cc1nc2ccc(N3CC(CO)CC3=O)cc2s1. The number of fused-ring (bicyclic) bond motifs is 1. The number of aliphatic hydroxyl groups is 1. The molecule has 2 heterocycles. The molecular formula is C13H14N2O2S. The number of rotatable bonds is 2. The zero-order valence-electron chi connectivity index (χ0n) is 10.1. The number of hydrogen-bond donors (Lipinski definition) is 1. The molecule has 1 atom stereocenters. The summed E-state index contributed by atoms with van der Waals surface area (Å²) in [4.78, 5) is 18.1. The summed E-state index contributed by atoms with van der Waals surface area (Å²) in [7, 11) is 0. The van der Waals surface area contributed by atoms with Crippen molar-refractivity contribution in [1.82, 2.24) is 4.98 Å². The van der Waals surface area contributed by atoms with Gasteiger partial charge in [-0.15, -0.1) is 11.3 Å². The molecule has 18 heavy (non-hydrogen) atoms. The zero-order chi connectivity index (χ0) is 12.7. The van der Waals surface area contributed by atoms with E-state index in [1.165, 1.54) is 0 Å². The van der Waals surface area contributed by atoms with Crippen molar-refractivity contribution >= 4 is 33.1 Å². The Morgan fingerprint density at radius 1 is 1.56 bits per heavy atom. The van der Waals surface area contributed by atoms with Gasteiger partial charge in [0.1, 0.15) is 0 Å². The second-order valence-electron chi connectivity index (χ2n) is 4.64. The summed E-state index contributed by atoms with van der Waals surface area (Å²) in [5, 5.41) is 10.2. The number of carbonyl (C=O) groups excluding carboxylic acids is 1. The Labute approximate surface area is 109 Å². The van der Waals surface area contributed by atoms with E-state index in [2.05, 4.69) is 4.98 Å². The first kappa shape index (κ1) is 11.6. The number of thiazole rings is 1. The average molecular weight is 262 g/mol. The lowest BCUT2D eigenvalue weighted by atomic mass is 10.1. The normalized spacial score (nSPS) is 20.0. The van der Waals surface area contributed by atoms with E-state index in [1.807, 2.05) is 25.1 Å². The predicted octanol–water partition coefficient (Wildman–Crippen LogP) is 1.95. The molecule has 1 aromatic heterocycles. The van der Waals surface area contributed by atoms with E-state index < -0.39 is 0 Å². The zero-order valence-corrected chi connectivity index (χ0v) is 10.9. The fourth-order valence-electron chi connectivity index (χ4n) is 2.35. The lowest BCUT2D eigenvalue weighted by Gasteiger charge is -2.16. The summed E-state index contributed by atoms with van der Waals surface area (Å²) in [6, 6.07) is 5.89. The van der Waals surface area contributed by atoms with Gasteiger partial charge in [-0.2, -0.15) is 0 Å². The van der Waals surface area contributed by atoms with Gasteiger partial charge in [-0.1, -0.05) is 0 Å². The molecule has 1 aromatic carbocycles. The Kier molecular flexibility index (Phi) is 2.80. The van der Waals surface area contributed by atoms with Crippen LogP contribution in [-0.2, 0) is 4.79 Å². The number of aromatic nitrogens is 1. The number of hydrogen-bond acceptors (Lipinski definition) is 4. The largest absolute Gasteiger partial charge is 0.396 e. The van der Waals surface area contributed by atoms with Gasteiger partial charge in [-0.05, 0) is 25.1 Å². The topological polar surface area (TPSA) is 53.4 Å². The van der Waals surface area contributed by atoms with Crippen LogP contribution in [0.2, 0.25) is 0 Å². The summed E-state index contributed by atoms with van der Waals surface area (Å²) >= 11 is 1.63. The van der Waals surface area contributed by atoms with Crippen LogP contribution in [0.15, 0.2) is 18.2 Å². The molecule has 3 rings (SSSR count). The van der Waals surface area contributed by atoms with Gasteiger partial charge >= 0.3 is 0 Å². The molecule has 1 saturated heterocycles. The third kappa shape index (κ3) is 1.89. The van der Waals surface area contributed by atoms with Crippen molar-refractivity contribution in [3.8, 4) is 0 Å². The first-order valence-electron chi connectivity index (χ1n) is 5.96. The molecule has 0 bridgehead atoms. The molecule has 0 saturated carbocycles. The van der Waals surface area contributed by atoms with Crippen molar-refractivity contribution in [3.05, 3.63) is 23.2 Å². The highest BCUT2D eigenvalue weighted by Gasteiger charge is 2.30. The lowest BCUT2D eigenvalue weighted by Crippen LogP contribution is -2.24. The molecule has 0 radical (unpaired) electrons. The number of carbonyl (C=O) groups is 1. The number of anilines is 1. The van der Waals surface area contributed by atoms with Gasteiger partial charge in [0.25, 0.3) is 0 Å². The van der Waals surface area contributed by atoms with Gasteiger partial charge in [0, 0.05) is 31.2 Å². The molecular weight excluding hydrogens is 248 g/mol. The second kappa shape index (κ2) is 4.33. The van der Waals surface area contributed by atoms with Gasteiger partial charge in [-0.25, -0.2) is 4.98 Å². The van der Waals surface area contributed by atoms with E-state index in [4.69, 9.17) is 5.11 Å². The van der Waals surface area contributed by atoms with Crippen molar-refractivity contribution in [2.45, 2.75) is 13.3 Å². The fourth-order valence-corrected chi connectivity index (χ4v) is 3.21. The highest BCUT2D eigenvalue weighted by molar-refractivity contribution is 7.18. The summed E-state index contributed by atoms with van der Waals surface area (Å²) in [5.74, 6) is 0.158. The van der Waals surface area contributed by atoms with Crippen LogP contribution in [0, 0.1) is 12.8 Å². The standard InChI is InChI=1S/C13H14N2O2S/c1-8-14-11-3-2-10(5-12(11)18-8)15-6-9(7-16)4-13(15)17/h2-3,5,9,16H,4,6-7H2,1H3. The first-order valence-corrected chi connectivity index (χ1v) is 6.77. The second-order valence-corrected chi connectivity index (χ2v) is 5.88. The minimum Gasteiger partial charge on any atom is -0.396 e. The minimum atomic E-state index is 0.0661. The van der Waals surface area contributed by atoms with Crippen molar-refractivity contribution in [2.24, 2.45) is 5.92 Å². The smallest absolute Gasteiger partial charge is 0.227 e. The Hall–Kier alpha value is -1.46. The van der Waals surface area contributed by atoms with Gasteiger partial charge < -0.3 is 10.0 Å². The van der Waals surface area contributed by atoms with E-state index in [0.29, 0.717) is 13.0 Å². The average Bonchev–Trinajstić information content (AvgIpc) is 2.89. The van der Waals surface area contributed by atoms with Crippen molar-refractivity contribution in [1.29, 1.82) is 0 Å². The van der Waals surface area contributed by atoms with Gasteiger partial charge in [-0.3, -0.25) is 4.79 Å². The molecule has 1 N–H and O–H groups in total. The maximum Gasteiger partial charge on any atom is 0.227 e. The Morgan fingerprint density at radius 2 is 2.39 bits per heavy atom. The van der Waals surface area contributed by atoms with Crippen molar-refractivity contribution in [3.63, 3.8) is 0 Å². The Bertz CT molecular complexity index is 608. The van der Waals surface area contributed by atoms with Crippen LogP contribution in [0.5, 0.6) is 0 Å². The monoisotopic (exact) mass is 262 g/mol. The van der Waals surface area contributed by atoms with Crippen LogP contribution < -0.4 is 4.90 Å². The third-order valence-electron chi connectivity index (χ3n) is 3.25. The van der Waals surface area contributed by atoms with E-state index in [1.54, 1.807) is 16.2 Å². The number of aliphatic hydroxyl groups excluding tert-OH is 1. The van der Waals surface area contributed by atoms with E-state index in [-0.39, 0.29) is 18.4 Å². The lowest BCUT2D eigenvalue weighted by molar-refractivity contribution is -0.117. The van der Waals surface area contributed by atoms with Crippen LogP contribution in [0.1, 0.15) is 11.4 Å². The Morgan fingerprint density at radius 3 is 3.11 bits per heavy atom. The summed E-state index contributed by atoms with van der Waals surface area (Å²) < 4.78 is 1.10. The molecule has 1 unspecified atom stereocenters. The van der Waals surface area contributed by atoms with Crippen LogP contribution in [0.4, 0.5) is 5.69 Å². The van der Waals surface area contributed by atoms with Crippen molar-refractivity contribution in [2.75, 3.05) is 18.1 Å². The van der Waals surface area contributed by atoms with Gasteiger partial charge in [0.05, 0.1) is 15.2 Å². The fraction of sp³-hybridized carbons (Fsp3) is 0.385. The molecule has 1 fully saturated rings. The van der Waals surface area contributed by atoms with Crippen molar-refractivity contribution < 1.29 is 9.90 Å². The number of nitrogens with zero attached hydrogens (tertiary/aromatic N) is 2. The summed E-state index contributed by atoms with van der Waals surface area (Å²) in [6.07, 6.45) is 0.441. The highest BCUT2D eigenvalue weighted by atomic mass is 32.1. The van der Waals surface area contributed by atoms with E-state index in [0.717, 1.165) is 20.9 Å². The van der Waals surface area contributed by atoms with Crippen LogP contribution in [-0.4, -0.2) is 29.1 Å². The van der Waals surface area contributed by atoms with Crippen LogP contribution in [0.3, 0.4) is 0 Å².